The zero-order valence-electron chi connectivity index (χ0n) is 15.5. The van der Waals surface area contributed by atoms with Crippen LogP contribution in [-0.4, -0.2) is 24.7 Å². The van der Waals surface area contributed by atoms with Gasteiger partial charge >= 0.3 is 0 Å². The van der Waals surface area contributed by atoms with Gasteiger partial charge in [0.05, 0.1) is 13.0 Å². The van der Waals surface area contributed by atoms with Crippen molar-refractivity contribution in [3.8, 4) is 23.3 Å². The Morgan fingerprint density at radius 3 is 2.78 bits per heavy atom. The molecule has 0 bridgehead atoms. The fraction of sp³-hybridized carbons (Fsp3) is 0.318. The van der Waals surface area contributed by atoms with Crippen LogP contribution in [0.3, 0.4) is 0 Å². The predicted octanol–water partition coefficient (Wildman–Crippen LogP) is 3.28. The summed E-state index contributed by atoms with van der Waals surface area (Å²) in [6.45, 7) is 4.55. The van der Waals surface area contributed by atoms with E-state index in [1.807, 2.05) is 32.0 Å². The first-order chi connectivity index (χ1) is 12.9. The van der Waals surface area contributed by atoms with Crippen LogP contribution in [-0.2, 0) is 17.6 Å². The van der Waals surface area contributed by atoms with Gasteiger partial charge in [-0.3, -0.25) is 4.79 Å². The summed E-state index contributed by atoms with van der Waals surface area (Å²) in [5.41, 5.74) is 1.67. The van der Waals surface area contributed by atoms with E-state index in [9.17, 15) is 9.18 Å². The van der Waals surface area contributed by atoms with E-state index in [0.29, 0.717) is 5.75 Å². The molecule has 2 aromatic carbocycles. The van der Waals surface area contributed by atoms with Gasteiger partial charge in [-0.25, -0.2) is 4.39 Å². The number of para-hydroxylation sites is 1. The minimum absolute atomic E-state index is 0.159. The SMILES string of the molecule is CC1(C)Cc2cccc(OCC#CCNC(=O)Cc3ccc(F)cc3)c2O1. The molecule has 0 radical (unpaired) electrons. The zero-order chi connectivity index (χ0) is 19.3. The minimum atomic E-state index is -0.317. The van der Waals surface area contributed by atoms with E-state index in [1.54, 1.807) is 12.1 Å². The fourth-order valence-electron chi connectivity index (χ4n) is 2.92. The number of halogens is 1. The molecule has 0 fully saturated rings. The van der Waals surface area contributed by atoms with Crippen molar-refractivity contribution < 1.29 is 18.7 Å². The lowest BCUT2D eigenvalue weighted by Gasteiger charge is -2.17. The Hall–Kier alpha value is -3.00. The molecular weight excluding hydrogens is 345 g/mol. The molecule has 0 unspecified atom stereocenters. The number of nitrogens with one attached hydrogen (secondary N) is 1. The Bertz CT molecular complexity index is 879. The van der Waals surface area contributed by atoms with Crippen LogP contribution in [0.4, 0.5) is 4.39 Å². The van der Waals surface area contributed by atoms with E-state index >= 15 is 0 Å². The highest BCUT2D eigenvalue weighted by Crippen LogP contribution is 2.41. The topological polar surface area (TPSA) is 47.6 Å². The number of ether oxygens (including phenoxy) is 2. The Morgan fingerprint density at radius 1 is 1.22 bits per heavy atom. The summed E-state index contributed by atoms with van der Waals surface area (Å²) in [5.74, 6) is 6.74. The molecular formula is C22H22FNO3. The second kappa shape index (κ2) is 8.13. The predicted molar refractivity (Wildman–Crippen MR) is 101 cm³/mol. The Morgan fingerprint density at radius 2 is 2.00 bits per heavy atom. The van der Waals surface area contributed by atoms with Crippen molar-refractivity contribution in [1.82, 2.24) is 5.32 Å². The molecule has 5 heteroatoms. The normalized spacial score (nSPS) is 13.7. The van der Waals surface area contributed by atoms with E-state index in [2.05, 4.69) is 17.2 Å². The summed E-state index contributed by atoms with van der Waals surface area (Å²) in [7, 11) is 0. The number of hydrogen-bond donors (Lipinski definition) is 1. The number of hydrogen-bond acceptors (Lipinski definition) is 3. The van der Waals surface area contributed by atoms with Crippen LogP contribution in [0.5, 0.6) is 11.5 Å². The molecule has 0 aromatic heterocycles. The highest BCUT2D eigenvalue weighted by molar-refractivity contribution is 5.78. The van der Waals surface area contributed by atoms with E-state index in [-0.39, 0.29) is 36.9 Å². The summed E-state index contributed by atoms with van der Waals surface area (Å²) in [5, 5.41) is 2.71. The van der Waals surface area contributed by atoms with Crippen LogP contribution in [0, 0.1) is 17.7 Å². The molecule has 1 amide bonds. The molecule has 1 aliphatic heterocycles. The molecule has 1 aliphatic rings. The summed E-state index contributed by atoms with van der Waals surface area (Å²) in [4.78, 5) is 11.8. The van der Waals surface area contributed by atoms with Gasteiger partial charge in [-0.15, -0.1) is 0 Å². The first kappa shape index (κ1) is 18.8. The van der Waals surface area contributed by atoms with Crippen molar-refractivity contribution in [2.45, 2.75) is 32.3 Å². The van der Waals surface area contributed by atoms with Crippen LogP contribution >= 0.6 is 0 Å². The van der Waals surface area contributed by atoms with Gasteiger partial charge in [-0.1, -0.05) is 36.1 Å². The smallest absolute Gasteiger partial charge is 0.225 e. The molecule has 1 heterocycles. The third-order valence-electron chi connectivity index (χ3n) is 4.13. The molecule has 0 spiro atoms. The maximum Gasteiger partial charge on any atom is 0.225 e. The second-order valence-electron chi connectivity index (χ2n) is 7.01. The average Bonchev–Trinajstić information content (AvgIpc) is 2.94. The van der Waals surface area contributed by atoms with E-state index in [1.165, 1.54) is 12.1 Å². The Labute approximate surface area is 158 Å². The molecule has 0 atom stereocenters. The third kappa shape index (κ3) is 5.24. The number of benzene rings is 2. The quantitative estimate of drug-likeness (QED) is 0.825. The van der Waals surface area contributed by atoms with Crippen LogP contribution in [0.2, 0.25) is 0 Å². The van der Waals surface area contributed by atoms with E-state index in [4.69, 9.17) is 9.47 Å². The van der Waals surface area contributed by atoms with Crippen LogP contribution in [0.15, 0.2) is 42.5 Å². The highest BCUT2D eigenvalue weighted by Gasteiger charge is 2.32. The lowest BCUT2D eigenvalue weighted by atomic mass is 10.0. The first-order valence-electron chi connectivity index (χ1n) is 8.83. The molecule has 0 aliphatic carbocycles. The van der Waals surface area contributed by atoms with E-state index in [0.717, 1.165) is 23.3 Å². The fourth-order valence-corrected chi connectivity index (χ4v) is 2.92. The van der Waals surface area contributed by atoms with Crippen LogP contribution in [0.25, 0.3) is 0 Å². The van der Waals surface area contributed by atoms with Crippen molar-refractivity contribution in [2.75, 3.05) is 13.2 Å². The summed E-state index contributed by atoms with van der Waals surface area (Å²) in [6, 6.07) is 11.7. The van der Waals surface area contributed by atoms with Gasteiger partial charge in [-0.05, 0) is 37.6 Å². The van der Waals surface area contributed by atoms with Crippen LogP contribution < -0.4 is 14.8 Å². The van der Waals surface area contributed by atoms with Gasteiger partial charge < -0.3 is 14.8 Å². The largest absolute Gasteiger partial charge is 0.483 e. The van der Waals surface area contributed by atoms with Gasteiger partial charge in [0.1, 0.15) is 18.0 Å². The third-order valence-corrected chi connectivity index (χ3v) is 4.13. The standard InChI is InChI=1S/C22H22FNO3/c1-22(2)15-17-6-5-7-19(21(17)27-22)26-13-4-3-12-24-20(25)14-16-8-10-18(23)11-9-16/h5-11H,12-15H2,1-2H3,(H,24,25). The number of rotatable bonds is 5. The number of carbonyl (C=O) groups excluding carboxylic acids is 1. The van der Waals surface area contributed by atoms with Crippen molar-refractivity contribution in [1.29, 1.82) is 0 Å². The summed E-state index contributed by atoms with van der Waals surface area (Å²) >= 11 is 0. The average molecular weight is 367 g/mol. The van der Waals surface area contributed by atoms with Gasteiger partial charge in [0, 0.05) is 12.0 Å². The molecule has 2 aromatic rings. The first-order valence-corrected chi connectivity index (χ1v) is 8.83. The van der Waals surface area contributed by atoms with Crippen molar-refractivity contribution in [3.05, 3.63) is 59.4 Å². The Balaban J connectivity index is 1.42. The monoisotopic (exact) mass is 367 g/mol. The maximum absolute atomic E-state index is 12.8. The number of fused-ring (bicyclic) bond motifs is 1. The molecule has 1 N–H and O–H groups in total. The number of carbonyl (C=O) groups is 1. The minimum Gasteiger partial charge on any atom is -0.483 e. The van der Waals surface area contributed by atoms with Gasteiger partial charge in [0.25, 0.3) is 0 Å². The van der Waals surface area contributed by atoms with Crippen molar-refractivity contribution >= 4 is 5.91 Å². The summed E-state index contributed by atoms with van der Waals surface area (Å²) in [6.07, 6.45) is 1.05. The molecule has 3 rings (SSSR count). The van der Waals surface area contributed by atoms with Crippen molar-refractivity contribution in [3.63, 3.8) is 0 Å². The van der Waals surface area contributed by atoms with Crippen molar-refractivity contribution in [2.24, 2.45) is 0 Å². The van der Waals surface area contributed by atoms with Crippen LogP contribution in [0.1, 0.15) is 25.0 Å². The molecule has 4 nitrogen and oxygen atoms in total. The highest BCUT2D eigenvalue weighted by atomic mass is 19.1. The second-order valence-corrected chi connectivity index (χ2v) is 7.01. The lowest BCUT2D eigenvalue weighted by molar-refractivity contribution is -0.120. The molecule has 0 saturated carbocycles. The maximum atomic E-state index is 12.8. The van der Waals surface area contributed by atoms with Gasteiger partial charge in [-0.2, -0.15) is 0 Å². The molecule has 140 valence electrons. The van der Waals surface area contributed by atoms with E-state index < -0.39 is 0 Å². The summed E-state index contributed by atoms with van der Waals surface area (Å²) < 4.78 is 24.5. The Kier molecular flexibility index (Phi) is 5.66. The molecule has 0 saturated heterocycles. The zero-order valence-corrected chi connectivity index (χ0v) is 15.5. The number of amides is 1. The lowest BCUT2D eigenvalue weighted by Crippen LogP contribution is -2.25. The van der Waals surface area contributed by atoms with Gasteiger partial charge in [0.2, 0.25) is 5.91 Å². The van der Waals surface area contributed by atoms with Gasteiger partial charge in [0.15, 0.2) is 11.5 Å². The molecule has 27 heavy (non-hydrogen) atoms.